The lowest BCUT2D eigenvalue weighted by Crippen LogP contribution is -2.09. The Morgan fingerprint density at radius 3 is 2.84 bits per heavy atom. The molecule has 0 aliphatic rings. The maximum Gasteiger partial charge on any atom is 0.155 e. The molecule has 0 bridgehead atoms. The van der Waals surface area contributed by atoms with Gasteiger partial charge in [0, 0.05) is 29.3 Å². The van der Waals surface area contributed by atoms with Crippen molar-refractivity contribution < 1.29 is 5.11 Å². The van der Waals surface area contributed by atoms with E-state index in [4.69, 9.17) is 0 Å². The van der Waals surface area contributed by atoms with Gasteiger partial charge in [-0.25, -0.2) is 9.97 Å². The van der Waals surface area contributed by atoms with Crippen LogP contribution in [0, 0.1) is 0 Å². The molecule has 3 rings (SSSR count). The quantitative estimate of drug-likeness (QED) is 0.790. The Bertz CT molecular complexity index is 738. The summed E-state index contributed by atoms with van der Waals surface area (Å²) in [6.07, 6.45) is 2.61. The normalized spacial score (nSPS) is 12.8. The lowest BCUT2D eigenvalue weighted by Gasteiger charge is -2.13. The van der Waals surface area contributed by atoms with Gasteiger partial charge in [-0.1, -0.05) is 18.2 Å². The van der Waals surface area contributed by atoms with E-state index in [1.165, 1.54) is 0 Å². The van der Waals surface area contributed by atoms with Gasteiger partial charge in [-0.2, -0.15) is 0 Å². The molecular weight excluding hydrogens is 306 g/mol. The van der Waals surface area contributed by atoms with E-state index in [9.17, 15) is 5.11 Å². The zero-order valence-corrected chi connectivity index (χ0v) is 11.9. The Hall–Kier alpha value is -1.72. The van der Waals surface area contributed by atoms with Gasteiger partial charge in [-0.3, -0.25) is 0 Å². The average Bonchev–Trinajstić information content (AvgIpc) is 2.83. The van der Waals surface area contributed by atoms with Gasteiger partial charge in [-0.05, 0) is 28.1 Å². The molecule has 96 valence electrons. The van der Waals surface area contributed by atoms with Crippen LogP contribution in [0.2, 0.25) is 0 Å². The van der Waals surface area contributed by atoms with E-state index in [1.54, 1.807) is 17.0 Å². The lowest BCUT2D eigenvalue weighted by molar-refractivity contribution is 0.201. The first kappa shape index (κ1) is 12.3. The van der Waals surface area contributed by atoms with Crippen LogP contribution in [0.15, 0.2) is 47.2 Å². The van der Waals surface area contributed by atoms with Crippen LogP contribution < -0.4 is 0 Å². The summed E-state index contributed by atoms with van der Waals surface area (Å²) in [5, 5.41) is 11.5. The first-order valence-corrected chi connectivity index (χ1v) is 6.66. The summed E-state index contributed by atoms with van der Waals surface area (Å²) in [6, 6.07) is 9.77. The molecule has 1 N–H and O–H groups in total. The summed E-state index contributed by atoms with van der Waals surface area (Å²) in [6.45, 7) is 0. The molecule has 19 heavy (non-hydrogen) atoms. The fourth-order valence-electron chi connectivity index (χ4n) is 2.06. The van der Waals surface area contributed by atoms with E-state index in [1.807, 2.05) is 37.4 Å². The number of aliphatic hydroxyl groups excluding tert-OH is 1. The maximum atomic E-state index is 10.4. The standard InChI is InChI=1S/C14H12BrN3O/c1-18-7-6-16-14(18)13(19)12-10(15)8-9-4-2-3-5-11(9)17-12/h2-8,13,19H,1H3. The predicted octanol–water partition coefficient (Wildman–Crippen LogP) is 2.81. The summed E-state index contributed by atoms with van der Waals surface area (Å²) < 4.78 is 2.57. The third-order valence-corrected chi connectivity index (χ3v) is 3.70. The van der Waals surface area contributed by atoms with Crippen molar-refractivity contribution in [1.29, 1.82) is 0 Å². The minimum Gasteiger partial charge on any atom is -0.379 e. The number of aliphatic hydroxyl groups is 1. The average molecular weight is 318 g/mol. The predicted molar refractivity (Wildman–Crippen MR) is 76.7 cm³/mol. The second-order valence-corrected chi connectivity index (χ2v) is 5.20. The zero-order valence-electron chi connectivity index (χ0n) is 10.3. The molecule has 0 radical (unpaired) electrons. The molecule has 2 aromatic heterocycles. The number of pyridine rings is 1. The van der Waals surface area contributed by atoms with E-state index in [0.717, 1.165) is 15.4 Å². The van der Waals surface area contributed by atoms with Gasteiger partial charge >= 0.3 is 0 Å². The Labute approximate surface area is 118 Å². The fraction of sp³-hybridized carbons (Fsp3) is 0.143. The molecule has 3 aromatic rings. The van der Waals surface area contributed by atoms with Crippen LogP contribution >= 0.6 is 15.9 Å². The Kier molecular flexibility index (Phi) is 3.08. The Morgan fingerprint density at radius 1 is 1.32 bits per heavy atom. The third kappa shape index (κ3) is 2.15. The minimum absolute atomic E-state index is 0.573. The second-order valence-electron chi connectivity index (χ2n) is 4.35. The SMILES string of the molecule is Cn1ccnc1C(O)c1nc2ccccc2cc1Br. The molecule has 1 unspecified atom stereocenters. The number of imidazole rings is 1. The summed E-state index contributed by atoms with van der Waals surface area (Å²) in [4.78, 5) is 8.69. The van der Waals surface area contributed by atoms with E-state index in [0.29, 0.717) is 11.5 Å². The van der Waals surface area contributed by atoms with Gasteiger partial charge in [0.25, 0.3) is 0 Å². The van der Waals surface area contributed by atoms with Gasteiger partial charge in [0.05, 0.1) is 11.2 Å². The van der Waals surface area contributed by atoms with Crippen molar-refractivity contribution in [3.8, 4) is 0 Å². The van der Waals surface area contributed by atoms with Crippen LogP contribution in [0.4, 0.5) is 0 Å². The van der Waals surface area contributed by atoms with Crippen molar-refractivity contribution in [3.05, 3.63) is 58.7 Å². The number of hydrogen-bond donors (Lipinski definition) is 1. The van der Waals surface area contributed by atoms with E-state index < -0.39 is 6.10 Å². The van der Waals surface area contributed by atoms with Crippen molar-refractivity contribution in [2.24, 2.45) is 7.05 Å². The molecule has 5 heteroatoms. The fourth-order valence-corrected chi connectivity index (χ4v) is 2.61. The molecular formula is C14H12BrN3O. The smallest absolute Gasteiger partial charge is 0.155 e. The van der Waals surface area contributed by atoms with Crippen LogP contribution in [0.1, 0.15) is 17.6 Å². The van der Waals surface area contributed by atoms with Crippen LogP contribution in [0.3, 0.4) is 0 Å². The first-order chi connectivity index (χ1) is 9.16. The summed E-state index contributed by atoms with van der Waals surface area (Å²) >= 11 is 3.47. The summed E-state index contributed by atoms with van der Waals surface area (Å²) in [7, 11) is 1.85. The molecule has 0 amide bonds. The highest BCUT2D eigenvalue weighted by Crippen LogP contribution is 2.28. The number of rotatable bonds is 2. The van der Waals surface area contributed by atoms with Crippen molar-refractivity contribution >= 4 is 26.8 Å². The van der Waals surface area contributed by atoms with Crippen molar-refractivity contribution in [2.75, 3.05) is 0 Å². The highest BCUT2D eigenvalue weighted by Gasteiger charge is 2.19. The van der Waals surface area contributed by atoms with Crippen LogP contribution in [0.5, 0.6) is 0 Å². The second kappa shape index (κ2) is 4.75. The summed E-state index contributed by atoms with van der Waals surface area (Å²) in [5.74, 6) is 0.573. The monoisotopic (exact) mass is 317 g/mol. The number of benzene rings is 1. The third-order valence-electron chi connectivity index (χ3n) is 3.07. The molecule has 4 nitrogen and oxygen atoms in total. The largest absolute Gasteiger partial charge is 0.379 e. The van der Waals surface area contributed by atoms with Crippen LogP contribution in [-0.2, 0) is 7.05 Å². The lowest BCUT2D eigenvalue weighted by atomic mass is 10.1. The number of hydrogen-bond acceptors (Lipinski definition) is 3. The van der Waals surface area contributed by atoms with Gasteiger partial charge in [0.2, 0.25) is 0 Å². The van der Waals surface area contributed by atoms with Crippen molar-refractivity contribution in [3.63, 3.8) is 0 Å². The van der Waals surface area contributed by atoms with E-state index >= 15 is 0 Å². The van der Waals surface area contributed by atoms with Crippen LogP contribution in [0.25, 0.3) is 10.9 Å². The maximum absolute atomic E-state index is 10.4. The molecule has 1 aromatic carbocycles. The van der Waals surface area contributed by atoms with Gasteiger partial charge < -0.3 is 9.67 Å². The molecule has 0 saturated carbocycles. The number of para-hydroxylation sites is 1. The highest BCUT2D eigenvalue weighted by atomic mass is 79.9. The topological polar surface area (TPSA) is 50.9 Å². The highest BCUT2D eigenvalue weighted by molar-refractivity contribution is 9.10. The summed E-state index contributed by atoms with van der Waals surface area (Å²) in [5.41, 5.74) is 1.43. The molecule has 0 fully saturated rings. The number of aromatic nitrogens is 3. The molecule has 0 aliphatic carbocycles. The first-order valence-electron chi connectivity index (χ1n) is 5.87. The van der Waals surface area contributed by atoms with Crippen molar-refractivity contribution in [1.82, 2.24) is 14.5 Å². The molecule has 2 heterocycles. The van der Waals surface area contributed by atoms with E-state index in [2.05, 4.69) is 25.9 Å². The Balaban J connectivity index is 2.14. The number of aryl methyl sites for hydroxylation is 1. The number of halogens is 1. The van der Waals surface area contributed by atoms with Gasteiger partial charge in [0.1, 0.15) is 5.82 Å². The van der Waals surface area contributed by atoms with Gasteiger partial charge in [-0.15, -0.1) is 0 Å². The minimum atomic E-state index is -0.848. The number of fused-ring (bicyclic) bond motifs is 1. The molecule has 0 spiro atoms. The van der Waals surface area contributed by atoms with Gasteiger partial charge in [0.15, 0.2) is 6.10 Å². The Morgan fingerprint density at radius 2 is 2.11 bits per heavy atom. The zero-order chi connectivity index (χ0) is 13.4. The van der Waals surface area contributed by atoms with Crippen LogP contribution in [-0.4, -0.2) is 19.6 Å². The molecule has 1 atom stereocenters. The number of nitrogens with zero attached hydrogens (tertiary/aromatic N) is 3. The van der Waals surface area contributed by atoms with Crippen molar-refractivity contribution in [2.45, 2.75) is 6.10 Å². The molecule has 0 aliphatic heterocycles. The molecule has 0 saturated heterocycles. The van der Waals surface area contributed by atoms with E-state index in [-0.39, 0.29) is 0 Å².